The van der Waals surface area contributed by atoms with E-state index in [9.17, 15) is 4.79 Å². The van der Waals surface area contributed by atoms with E-state index < -0.39 is 0 Å². The second kappa shape index (κ2) is 8.08. The molecule has 3 nitrogen and oxygen atoms in total. The second-order valence-electron chi connectivity index (χ2n) is 5.06. The summed E-state index contributed by atoms with van der Waals surface area (Å²) in [5, 5.41) is 7.53. The Morgan fingerprint density at radius 3 is 2.85 bits per heavy atom. The van der Waals surface area contributed by atoms with Crippen LogP contribution in [0.1, 0.15) is 18.9 Å². The summed E-state index contributed by atoms with van der Waals surface area (Å²) < 4.78 is 0. The average Bonchev–Trinajstić information content (AvgIpc) is 2.36. The van der Waals surface area contributed by atoms with Crippen molar-refractivity contribution in [3.05, 3.63) is 33.8 Å². The highest BCUT2D eigenvalue weighted by atomic mass is 35.5. The van der Waals surface area contributed by atoms with E-state index in [4.69, 9.17) is 23.2 Å². The van der Waals surface area contributed by atoms with Gasteiger partial charge in [-0.1, -0.05) is 36.2 Å². The quantitative estimate of drug-likeness (QED) is 0.890. The fraction of sp³-hybridized carbons (Fsp3) is 0.500. The molecule has 1 fully saturated rings. The van der Waals surface area contributed by atoms with Crippen molar-refractivity contribution < 1.29 is 4.79 Å². The fourth-order valence-electron chi connectivity index (χ4n) is 2.32. The maximum atomic E-state index is 12.0. The number of rotatable bonds is 3. The molecule has 1 saturated heterocycles. The summed E-state index contributed by atoms with van der Waals surface area (Å²) in [5.74, 6) is 0.473. The fourth-order valence-corrected chi connectivity index (χ4v) is 2.80. The molecule has 6 heteroatoms. The summed E-state index contributed by atoms with van der Waals surface area (Å²) in [7, 11) is 0. The lowest BCUT2D eigenvalue weighted by Crippen LogP contribution is -2.48. The van der Waals surface area contributed by atoms with E-state index in [2.05, 4.69) is 17.6 Å². The lowest BCUT2D eigenvalue weighted by molar-refractivity contribution is -0.121. The minimum atomic E-state index is 0. The highest BCUT2D eigenvalue weighted by Gasteiger charge is 2.22. The van der Waals surface area contributed by atoms with Crippen LogP contribution in [-0.2, 0) is 11.2 Å². The zero-order valence-corrected chi connectivity index (χ0v) is 13.6. The molecule has 0 aliphatic carbocycles. The Balaban J connectivity index is 0.00000200. The second-order valence-corrected chi connectivity index (χ2v) is 5.90. The van der Waals surface area contributed by atoms with Crippen LogP contribution >= 0.6 is 35.6 Å². The summed E-state index contributed by atoms with van der Waals surface area (Å²) in [5.41, 5.74) is 0.810. The van der Waals surface area contributed by atoms with Gasteiger partial charge in [0.1, 0.15) is 0 Å². The van der Waals surface area contributed by atoms with Crippen molar-refractivity contribution in [1.82, 2.24) is 10.6 Å². The Morgan fingerprint density at radius 1 is 1.45 bits per heavy atom. The minimum Gasteiger partial charge on any atom is -0.353 e. The van der Waals surface area contributed by atoms with Crippen LogP contribution in [0.15, 0.2) is 18.2 Å². The van der Waals surface area contributed by atoms with Gasteiger partial charge >= 0.3 is 0 Å². The molecule has 2 N–H and O–H groups in total. The van der Waals surface area contributed by atoms with Crippen LogP contribution in [0.25, 0.3) is 0 Å². The molecule has 0 radical (unpaired) electrons. The smallest absolute Gasteiger partial charge is 0.224 e. The molecule has 1 aromatic carbocycles. The molecule has 1 aromatic rings. The van der Waals surface area contributed by atoms with Crippen LogP contribution < -0.4 is 10.6 Å². The largest absolute Gasteiger partial charge is 0.353 e. The number of piperidine rings is 1. The van der Waals surface area contributed by atoms with Crippen molar-refractivity contribution in [2.24, 2.45) is 5.92 Å². The van der Waals surface area contributed by atoms with E-state index in [-0.39, 0.29) is 24.4 Å². The van der Waals surface area contributed by atoms with Crippen LogP contribution in [0.4, 0.5) is 0 Å². The zero-order valence-electron chi connectivity index (χ0n) is 11.3. The number of carbonyl (C=O) groups is 1. The maximum Gasteiger partial charge on any atom is 0.224 e. The van der Waals surface area contributed by atoms with Gasteiger partial charge in [0.15, 0.2) is 0 Å². The number of benzene rings is 1. The molecular formula is C14H19Cl3N2O. The predicted octanol–water partition coefficient (Wildman–Crippen LogP) is 3.07. The molecule has 1 aliphatic heterocycles. The van der Waals surface area contributed by atoms with Gasteiger partial charge in [-0.3, -0.25) is 4.79 Å². The molecule has 0 spiro atoms. The van der Waals surface area contributed by atoms with Gasteiger partial charge < -0.3 is 10.6 Å². The summed E-state index contributed by atoms with van der Waals surface area (Å²) in [6.45, 7) is 4.05. The van der Waals surface area contributed by atoms with Gasteiger partial charge in [-0.15, -0.1) is 12.4 Å². The first-order chi connectivity index (χ1) is 9.06. The summed E-state index contributed by atoms with van der Waals surface area (Å²) >= 11 is 11.9. The zero-order chi connectivity index (χ0) is 13.8. The summed E-state index contributed by atoms with van der Waals surface area (Å²) in [4.78, 5) is 12.0. The molecule has 0 saturated carbocycles. The van der Waals surface area contributed by atoms with Crippen LogP contribution in [0.2, 0.25) is 10.0 Å². The molecule has 2 atom stereocenters. The molecule has 1 amide bonds. The Kier molecular flexibility index (Phi) is 7.10. The monoisotopic (exact) mass is 336 g/mol. The van der Waals surface area contributed by atoms with E-state index >= 15 is 0 Å². The van der Waals surface area contributed by atoms with E-state index in [1.54, 1.807) is 18.2 Å². The lowest BCUT2D eigenvalue weighted by atomic mass is 9.95. The summed E-state index contributed by atoms with van der Waals surface area (Å²) in [6.07, 6.45) is 1.27. The standard InChI is InChI=1S/C14H18Cl2N2O.ClH/c1-9-8-17-5-4-13(9)18-14(19)6-10-2-3-11(15)7-12(10)16;/h2-3,7,9,13,17H,4-6,8H2,1H3,(H,18,19);1H. The van der Waals surface area contributed by atoms with Crippen molar-refractivity contribution in [2.75, 3.05) is 13.1 Å². The Labute approximate surface area is 135 Å². The Morgan fingerprint density at radius 2 is 2.20 bits per heavy atom. The Hall–Kier alpha value is -0.480. The first kappa shape index (κ1) is 17.6. The third-order valence-electron chi connectivity index (χ3n) is 3.50. The SMILES string of the molecule is CC1CNCCC1NC(=O)Cc1ccc(Cl)cc1Cl.Cl. The number of hydrogen-bond donors (Lipinski definition) is 2. The number of carbonyl (C=O) groups excluding carboxylic acids is 1. The van der Waals surface area contributed by atoms with Gasteiger partial charge in [-0.25, -0.2) is 0 Å². The predicted molar refractivity (Wildman–Crippen MR) is 86.0 cm³/mol. The molecule has 1 heterocycles. The van der Waals surface area contributed by atoms with E-state index in [0.717, 1.165) is 25.1 Å². The number of halogens is 3. The van der Waals surface area contributed by atoms with E-state index in [1.807, 2.05) is 0 Å². The molecule has 0 aromatic heterocycles. The van der Waals surface area contributed by atoms with Gasteiger partial charge in [0.2, 0.25) is 5.91 Å². The van der Waals surface area contributed by atoms with Crippen LogP contribution in [0.5, 0.6) is 0 Å². The summed E-state index contributed by atoms with van der Waals surface area (Å²) in [6, 6.07) is 5.47. The lowest BCUT2D eigenvalue weighted by Gasteiger charge is -2.30. The molecule has 1 aliphatic rings. The highest BCUT2D eigenvalue weighted by Crippen LogP contribution is 2.21. The van der Waals surface area contributed by atoms with Crippen LogP contribution in [0.3, 0.4) is 0 Å². The normalized spacial score (nSPS) is 21.9. The van der Waals surface area contributed by atoms with E-state index in [0.29, 0.717) is 22.4 Å². The van der Waals surface area contributed by atoms with Gasteiger partial charge in [0.25, 0.3) is 0 Å². The van der Waals surface area contributed by atoms with Gasteiger partial charge in [-0.2, -0.15) is 0 Å². The van der Waals surface area contributed by atoms with Gasteiger partial charge in [0, 0.05) is 16.1 Å². The Bertz CT molecular complexity index is 468. The number of hydrogen-bond acceptors (Lipinski definition) is 2. The van der Waals surface area contributed by atoms with Crippen LogP contribution in [-0.4, -0.2) is 25.0 Å². The molecule has 2 rings (SSSR count). The maximum absolute atomic E-state index is 12.0. The molecule has 20 heavy (non-hydrogen) atoms. The minimum absolute atomic E-state index is 0. The first-order valence-electron chi connectivity index (χ1n) is 6.50. The van der Waals surface area contributed by atoms with Crippen molar-refractivity contribution in [1.29, 1.82) is 0 Å². The van der Waals surface area contributed by atoms with Crippen LogP contribution in [0, 0.1) is 5.92 Å². The average molecular weight is 338 g/mol. The molecular weight excluding hydrogens is 319 g/mol. The van der Waals surface area contributed by atoms with E-state index in [1.165, 1.54) is 0 Å². The topological polar surface area (TPSA) is 41.1 Å². The van der Waals surface area contributed by atoms with Crippen molar-refractivity contribution in [3.8, 4) is 0 Å². The third-order valence-corrected chi connectivity index (χ3v) is 4.08. The number of amides is 1. The molecule has 112 valence electrons. The van der Waals surface area contributed by atoms with Crippen molar-refractivity contribution in [3.63, 3.8) is 0 Å². The van der Waals surface area contributed by atoms with Gasteiger partial charge in [-0.05, 0) is 43.1 Å². The third kappa shape index (κ3) is 4.81. The first-order valence-corrected chi connectivity index (χ1v) is 7.26. The molecule has 2 unspecified atom stereocenters. The number of nitrogens with one attached hydrogen (secondary N) is 2. The molecule has 0 bridgehead atoms. The van der Waals surface area contributed by atoms with Crippen molar-refractivity contribution >= 4 is 41.5 Å². The van der Waals surface area contributed by atoms with Crippen molar-refractivity contribution in [2.45, 2.75) is 25.8 Å². The van der Waals surface area contributed by atoms with Gasteiger partial charge in [0.05, 0.1) is 6.42 Å². The highest BCUT2D eigenvalue weighted by molar-refractivity contribution is 6.35.